The number of carbonyl (C=O) groups is 2. The number of nitrogens with one attached hydrogen (secondary N) is 1. The molecule has 0 unspecified atom stereocenters. The summed E-state index contributed by atoms with van der Waals surface area (Å²) in [4.78, 5) is 26.9. The van der Waals surface area contributed by atoms with Crippen molar-refractivity contribution >= 4 is 23.4 Å². The summed E-state index contributed by atoms with van der Waals surface area (Å²) in [6.07, 6.45) is 0. The van der Waals surface area contributed by atoms with Gasteiger partial charge in [-0.2, -0.15) is 0 Å². The first-order valence-electron chi connectivity index (χ1n) is 10.2. The Morgan fingerprint density at radius 3 is 2.37 bits per heavy atom. The van der Waals surface area contributed by atoms with Crippen molar-refractivity contribution in [3.8, 4) is 5.75 Å². The van der Waals surface area contributed by atoms with Gasteiger partial charge in [0.05, 0.1) is 0 Å². The fraction of sp³-hybridized carbons (Fsp3) is 0.417. The second kappa shape index (κ2) is 10.5. The Hall–Kier alpha value is -2.53. The van der Waals surface area contributed by atoms with Crippen LogP contribution in [0.25, 0.3) is 0 Å². The molecule has 0 aliphatic rings. The van der Waals surface area contributed by atoms with Gasteiger partial charge < -0.3 is 15.0 Å². The zero-order chi connectivity index (χ0) is 22.3. The predicted octanol–water partition coefficient (Wildman–Crippen LogP) is 4.57. The predicted molar refractivity (Wildman–Crippen MR) is 121 cm³/mol. The van der Waals surface area contributed by atoms with Crippen molar-refractivity contribution in [3.05, 3.63) is 64.7 Å². The highest BCUT2D eigenvalue weighted by Crippen LogP contribution is 2.24. The van der Waals surface area contributed by atoms with Crippen LogP contribution in [0.5, 0.6) is 5.75 Å². The van der Waals surface area contributed by atoms with Crippen LogP contribution in [-0.4, -0.2) is 35.9 Å². The Morgan fingerprint density at radius 1 is 1.13 bits per heavy atom. The van der Waals surface area contributed by atoms with Crippen LogP contribution in [0.3, 0.4) is 0 Å². The summed E-state index contributed by atoms with van der Waals surface area (Å²) < 4.78 is 5.72. The van der Waals surface area contributed by atoms with Gasteiger partial charge in [-0.15, -0.1) is 0 Å². The van der Waals surface area contributed by atoms with Crippen molar-refractivity contribution in [2.24, 2.45) is 0 Å². The molecule has 0 saturated carbocycles. The van der Waals surface area contributed by atoms with Gasteiger partial charge in [0.15, 0.2) is 6.61 Å². The molecule has 6 heteroatoms. The molecule has 0 bridgehead atoms. The maximum Gasteiger partial charge on any atom is 0.261 e. The van der Waals surface area contributed by atoms with Crippen molar-refractivity contribution in [2.45, 2.75) is 52.6 Å². The molecule has 2 rings (SSSR count). The highest BCUT2D eigenvalue weighted by atomic mass is 35.5. The molecule has 0 saturated heterocycles. The molecule has 1 N–H and O–H groups in total. The van der Waals surface area contributed by atoms with Crippen LogP contribution >= 0.6 is 11.6 Å². The Balaban J connectivity index is 2.12. The van der Waals surface area contributed by atoms with Crippen LogP contribution in [-0.2, 0) is 21.5 Å². The number of nitrogens with zero attached hydrogens (tertiary/aromatic N) is 1. The number of amides is 2. The summed E-state index contributed by atoms with van der Waals surface area (Å²) in [5.74, 6) is 0.140. The van der Waals surface area contributed by atoms with E-state index >= 15 is 0 Å². The van der Waals surface area contributed by atoms with Gasteiger partial charge >= 0.3 is 0 Å². The molecule has 2 aromatic rings. The van der Waals surface area contributed by atoms with Gasteiger partial charge in [-0.3, -0.25) is 9.59 Å². The molecule has 0 aromatic heterocycles. The van der Waals surface area contributed by atoms with Crippen LogP contribution < -0.4 is 10.1 Å². The van der Waals surface area contributed by atoms with E-state index in [-0.39, 0.29) is 30.4 Å². The molecule has 5 nitrogen and oxygen atoms in total. The molecule has 0 fully saturated rings. The number of carbonyl (C=O) groups excluding carboxylic acids is 2. The summed E-state index contributed by atoms with van der Waals surface area (Å²) in [6, 6.07) is 14.4. The topological polar surface area (TPSA) is 58.6 Å². The number of benzene rings is 2. The fourth-order valence-electron chi connectivity index (χ4n) is 3.02. The zero-order valence-corrected chi connectivity index (χ0v) is 19.1. The van der Waals surface area contributed by atoms with Crippen LogP contribution in [0.4, 0.5) is 0 Å². The molecule has 162 valence electrons. The Bertz CT molecular complexity index is 859. The molecular weight excluding hydrogens is 400 g/mol. The van der Waals surface area contributed by atoms with Gasteiger partial charge in [0.1, 0.15) is 11.8 Å². The zero-order valence-electron chi connectivity index (χ0n) is 18.4. The van der Waals surface area contributed by atoms with Crippen LogP contribution in [0, 0.1) is 0 Å². The average Bonchev–Trinajstić information content (AvgIpc) is 2.69. The van der Waals surface area contributed by atoms with Crippen LogP contribution in [0.1, 0.15) is 45.7 Å². The van der Waals surface area contributed by atoms with E-state index in [0.29, 0.717) is 17.3 Å². The third-order valence-corrected chi connectivity index (χ3v) is 5.08. The summed E-state index contributed by atoms with van der Waals surface area (Å²) in [7, 11) is 0. The molecule has 1 atom stereocenters. The minimum absolute atomic E-state index is 0.0458. The van der Waals surface area contributed by atoms with Crippen molar-refractivity contribution < 1.29 is 14.3 Å². The quantitative estimate of drug-likeness (QED) is 0.667. The van der Waals surface area contributed by atoms with E-state index in [4.69, 9.17) is 16.3 Å². The number of likely N-dealkylation sites (N-methyl/N-ethyl adjacent to an activating group) is 1. The molecule has 0 spiro atoms. The van der Waals surface area contributed by atoms with E-state index in [2.05, 4.69) is 26.1 Å². The fourth-order valence-corrected chi connectivity index (χ4v) is 3.23. The number of hydrogen-bond donors (Lipinski definition) is 1. The summed E-state index contributed by atoms with van der Waals surface area (Å²) in [5.41, 5.74) is 2.08. The first-order valence-corrected chi connectivity index (χ1v) is 10.5. The number of hydrogen-bond acceptors (Lipinski definition) is 3. The molecule has 0 aliphatic carbocycles. The lowest BCUT2D eigenvalue weighted by Crippen LogP contribution is -2.49. The molecule has 0 aliphatic heterocycles. The van der Waals surface area contributed by atoms with E-state index in [9.17, 15) is 9.59 Å². The lowest BCUT2D eigenvalue weighted by atomic mass is 9.87. The van der Waals surface area contributed by atoms with Crippen molar-refractivity contribution in [2.75, 3.05) is 13.2 Å². The average molecular weight is 431 g/mol. The Morgan fingerprint density at radius 2 is 1.80 bits per heavy atom. The largest absolute Gasteiger partial charge is 0.484 e. The normalized spacial score (nSPS) is 12.2. The van der Waals surface area contributed by atoms with Crippen LogP contribution in [0.2, 0.25) is 5.02 Å². The molecule has 30 heavy (non-hydrogen) atoms. The summed E-state index contributed by atoms with van der Waals surface area (Å²) in [6.45, 7) is 10.6. The van der Waals surface area contributed by atoms with E-state index in [1.54, 1.807) is 19.1 Å². The van der Waals surface area contributed by atoms with Gasteiger partial charge in [-0.1, -0.05) is 56.6 Å². The van der Waals surface area contributed by atoms with E-state index in [1.165, 1.54) is 10.5 Å². The lowest BCUT2D eigenvalue weighted by Gasteiger charge is -2.28. The SMILES string of the molecule is CCNC(=O)[C@H](C)N(Cc1cccc(Cl)c1)C(=O)COc1ccc(C(C)(C)C)cc1. The number of ether oxygens (including phenoxy) is 1. The summed E-state index contributed by atoms with van der Waals surface area (Å²) >= 11 is 6.08. The molecule has 2 aromatic carbocycles. The van der Waals surface area contributed by atoms with Gasteiger partial charge in [0.25, 0.3) is 5.91 Å². The monoisotopic (exact) mass is 430 g/mol. The number of halogens is 1. The van der Waals surface area contributed by atoms with Gasteiger partial charge in [-0.25, -0.2) is 0 Å². The first kappa shape index (κ1) is 23.7. The van der Waals surface area contributed by atoms with Crippen molar-refractivity contribution in [1.29, 1.82) is 0 Å². The van der Waals surface area contributed by atoms with Crippen molar-refractivity contribution in [3.63, 3.8) is 0 Å². The third-order valence-electron chi connectivity index (χ3n) is 4.84. The Labute approximate surface area is 184 Å². The molecular formula is C24H31ClN2O3. The van der Waals surface area contributed by atoms with Crippen molar-refractivity contribution in [1.82, 2.24) is 10.2 Å². The highest BCUT2D eigenvalue weighted by Gasteiger charge is 2.26. The third kappa shape index (κ3) is 6.77. The second-order valence-corrected chi connectivity index (χ2v) is 8.72. The maximum atomic E-state index is 13.0. The molecule has 0 heterocycles. The Kier molecular flexibility index (Phi) is 8.30. The lowest BCUT2D eigenvalue weighted by molar-refractivity contribution is -0.142. The number of rotatable bonds is 8. The van der Waals surface area contributed by atoms with Gasteiger partial charge in [0.2, 0.25) is 5.91 Å². The standard InChI is InChI=1S/C24H31ClN2O3/c1-6-26-23(29)17(2)27(15-18-8-7-9-20(25)14-18)22(28)16-30-21-12-10-19(11-13-21)24(3,4)5/h7-14,17H,6,15-16H2,1-5H3,(H,26,29)/t17-/m0/s1. The maximum absolute atomic E-state index is 13.0. The van der Waals surface area contributed by atoms with E-state index in [1.807, 2.05) is 43.3 Å². The smallest absolute Gasteiger partial charge is 0.261 e. The summed E-state index contributed by atoms with van der Waals surface area (Å²) in [5, 5.41) is 3.36. The molecule has 0 radical (unpaired) electrons. The highest BCUT2D eigenvalue weighted by molar-refractivity contribution is 6.30. The second-order valence-electron chi connectivity index (χ2n) is 8.29. The minimum Gasteiger partial charge on any atom is -0.484 e. The van der Waals surface area contributed by atoms with Gasteiger partial charge in [0, 0.05) is 18.1 Å². The minimum atomic E-state index is -0.636. The van der Waals surface area contributed by atoms with E-state index < -0.39 is 6.04 Å². The molecule has 2 amide bonds. The van der Waals surface area contributed by atoms with Gasteiger partial charge in [-0.05, 0) is 54.7 Å². The first-order chi connectivity index (χ1) is 14.1. The van der Waals surface area contributed by atoms with Crippen LogP contribution in [0.15, 0.2) is 48.5 Å². The van der Waals surface area contributed by atoms with E-state index in [0.717, 1.165) is 5.56 Å².